The van der Waals surface area contributed by atoms with Crippen LogP contribution in [0.3, 0.4) is 0 Å². The molecule has 24 heavy (non-hydrogen) atoms. The second kappa shape index (κ2) is 5.38. The third kappa shape index (κ3) is 2.67. The highest BCUT2D eigenvalue weighted by molar-refractivity contribution is 7.90. The van der Waals surface area contributed by atoms with E-state index in [4.69, 9.17) is 0 Å². The lowest BCUT2D eigenvalue weighted by Gasteiger charge is -2.17. The van der Waals surface area contributed by atoms with Gasteiger partial charge in [0.05, 0.1) is 15.5 Å². The third-order valence-corrected chi connectivity index (χ3v) is 4.59. The highest BCUT2D eigenvalue weighted by Crippen LogP contribution is 2.31. The molecule has 0 amide bonds. The van der Waals surface area contributed by atoms with Crippen LogP contribution in [0.25, 0.3) is 0 Å². The van der Waals surface area contributed by atoms with Gasteiger partial charge in [-0.3, -0.25) is 20.2 Å². The molecule has 1 aliphatic rings. The van der Waals surface area contributed by atoms with Crippen LogP contribution < -0.4 is 5.32 Å². The van der Waals surface area contributed by atoms with Gasteiger partial charge in [-0.05, 0) is 18.2 Å². The minimum absolute atomic E-state index is 0.0220. The molecular formula is C13H8N4O6S. The van der Waals surface area contributed by atoms with Gasteiger partial charge in [0.2, 0.25) is 0 Å². The average molecular weight is 348 g/mol. The molecular weight excluding hydrogens is 340 g/mol. The summed E-state index contributed by atoms with van der Waals surface area (Å²) < 4.78 is 28.1. The van der Waals surface area contributed by atoms with Gasteiger partial charge in [-0.15, -0.1) is 4.40 Å². The van der Waals surface area contributed by atoms with Gasteiger partial charge in [0.25, 0.3) is 21.4 Å². The molecule has 3 rings (SSSR count). The van der Waals surface area contributed by atoms with Crippen molar-refractivity contribution in [2.24, 2.45) is 4.40 Å². The normalized spacial score (nSPS) is 14.9. The molecule has 1 N–H and O–H groups in total. The van der Waals surface area contributed by atoms with Crippen LogP contribution in [0.15, 0.2) is 51.8 Å². The maximum Gasteiger partial charge on any atom is 0.286 e. The Balaban J connectivity index is 2.05. The number of sulfonamides is 1. The van der Waals surface area contributed by atoms with Crippen LogP contribution in [-0.2, 0) is 10.0 Å². The maximum atomic E-state index is 12.2. The Bertz CT molecular complexity index is 998. The molecule has 0 spiro atoms. The van der Waals surface area contributed by atoms with Crippen molar-refractivity contribution in [3.8, 4) is 0 Å². The minimum Gasteiger partial charge on any atom is -0.338 e. The molecule has 1 heterocycles. The largest absolute Gasteiger partial charge is 0.338 e. The van der Waals surface area contributed by atoms with Gasteiger partial charge in [0.15, 0.2) is 5.84 Å². The average Bonchev–Trinajstić information content (AvgIpc) is 2.54. The summed E-state index contributed by atoms with van der Waals surface area (Å²) in [6.07, 6.45) is 0. The number of fused-ring (bicyclic) bond motifs is 1. The molecule has 11 heteroatoms. The Morgan fingerprint density at radius 3 is 2.08 bits per heavy atom. The molecule has 0 unspecified atom stereocenters. The molecule has 0 aromatic heterocycles. The van der Waals surface area contributed by atoms with Gasteiger partial charge >= 0.3 is 0 Å². The fourth-order valence-corrected chi connectivity index (χ4v) is 3.28. The zero-order chi connectivity index (χ0) is 17.5. The molecule has 0 bridgehead atoms. The van der Waals surface area contributed by atoms with E-state index in [2.05, 4.69) is 9.71 Å². The Labute approximate surface area is 134 Å². The first kappa shape index (κ1) is 15.6. The predicted molar refractivity (Wildman–Crippen MR) is 83.5 cm³/mol. The van der Waals surface area contributed by atoms with Crippen LogP contribution in [0.1, 0.15) is 5.56 Å². The highest BCUT2D eigenvalue weighted by Gasteiger charge is 2.28. The second-order valence-electron chi connectivity index (χ2n) is 4.78. The van der Waals surface area contributed by atoms with E-state index in [1.165, 1.54) is 36.4 Å². The first-order valence-corrected chi connectivity index (χ1v) is 7.87. The molecule has 0 aliphatic carbocycles. The lowest BCUT2D eigenvalue weighted by atomic mass is 10.2. The number of nitro benzene ring substituents is 2. The Kier molecular flexibility index (Phi) is 3.49. The molecule has 122 valence electrons. The Morgan fingerprint density at radius 2 is 1.50 bits per heavy atom. The standard InChI is InChI=1S/C13H8N4O6S/c18-16(19)9-3-1-8(2-4-9)13-14-11-6-5-10(17(20)21)7-12(11)24(22,23)15-13/h1-7H,(H,14,15). The van der Waals surface area contributed by atoms with Crippen LogP contribution in [0, 0.1) is 20.2 Å². The number of nitro groups is 2. The number of anilines is 1. The number of nitrogens with one attached hydrogen (secondary N) is 1. The summed E-state index contributed by atoms with van der Waals surface area (Å²) in [5.74, 6) is -0.0220. The van der Waals surface area contributed by atoms with Gasteiger partial charge < -0.3 is 5.32 Å². The smallest absolute Gasteiger partial charge is 0.286 e. The third-order valence-electron chi connectivity index (χ3n) is 3.27. The number of hydrogen-bond donors (Lipinski definition) is 1. The van der Waals surface area contributed by atoms with E-state index in [1.807, 2.05) is 0 Å². The van der Waals surface area contributed by atoms with Crippen molar-refractivity contribution < 1.29 is 18.3 Å². The topological polar surface area (TPSA) is 145 Å². The fraction of sp³-hybridized carbons (Fsp3) is 0. The summed E-state index contributed by atoms with van der Waals surface area (Å²) in [4.78, 5) is 19.8. The first-order valence-electron chi connectivity index (χ1n) is 6.43. The van der Waals surface area contributed by atoms with Crippen LogP contribution in [0.2, 0.25) is 0 Å². The number of benzene rings is 2. The van der Waals surface area contributed by atoms with Gasteiger partial charge in [0, 0.05) is 29.8 Å². The van der Waals surface area contributed by atoms with E-state index in [1.54, 1.807) is 0 Å². The molecule has 0 saturated heterocycles. The number of rotatable bonds is 3. The zero-order valence-electron chi connectivity index (χ0n) is 11.7. The lowest BCUT2D eigenvalue weighted by molar-refractivity contribution is -0.385. The molecule has 10 nitrogen and oxygen atoms in total. The number of hydrogen-bond acceptors (Lipinski definition) is 7. The molecule has 1 aliphatic heterocycles. The Morgan fingerprint density at radius 1 is 0.917 bits per heavy atom. The highest BCUT2D eigenvalue weighted by atomic mass is 32.2. The van der Waals surface area contributed by atoms with E-state index < -0.39 is 19.9 Å². The van der Waals surface area contributed by atoms with E-state index in [0.29, 0.717) is 5.56 Å². The maximum absolute atomic E-state index is 12.2. The van der Waals surface area contributed by atoms with Crippen LogP contribution in [0.5, 0.6) is 0 Å². The monoisotopic (exact) mass is 348 g/mol. The van der Waals surface area contributed by atoms with E-state index in [9.17, 15) is 28.6 Å². The first-order chi connectivity index (χ1) is 11.3. The van der Waals surface area contributed by atoms with Crippen molar-refractivity contribution in [1.29, 1.82) is 0 Å². The fourth-order valence-electron chi connectivity index (χ4n) is 2.13. The molecule has 2 aromatic rings. The summed E-state index contributed by atoms with van der Waals surface area (Å²) >= 11 is 0. The van der Waals surface area contributed by atoms with Crippen molar-refractivity contribution in [1.82, 2.24) is 0 Å². The number of non-ortho nitro benzene ring substituents is 2. The second-order valence-corrected chi connectivity index (χ2v) is 6.35. The van der Waals surface area contributed by atoms with Crippen LogP contribution in [-0.4, -0.2) is 24.1 Å². The Hall–Kier alpha value is -3.34. The molecule has 0 saturated carbocycles. The van der Waals surface area contributed by atoms with Crippen LogP contribution >= 0.6 is 0 Å². The minimum atomic E-state index is -4.13. The van der Waals surface area contributed by atoms with Gasteiger partial charge in [-0.2, -0.15) is 8.42 Å². The summed E-state index contributed by atoms with van der Waals surface area (Å²) in [5, 5.41) is 24.2. The van der Waals surface area contributed by atoms with Crippen molar-refractivity contribution in [2.75, 3.05) is 5.32 Å². The van der Waals surface area contributed by atoms with Crippen molar-refractivity contribution in [3.63, 3.8) is 0 Å². The van der Waals surface area contributed by atoms with Crippen molar-refractivity contribution in [3.05, 3.63) is 68.3 Å². The summed E-state index contributed by atoms with van der Waals surface area (Å²) in [7, 11) is -4.13. The zero-order valence-corrected chi connectivity index (χ0v) is 12.6. The summed E-state index contributed by atoms with van der Waals surface area (Å²) in [5.41, 5.74) is -0.0423. The predicted octanol–water partition coefficient (Wildman–Crippen LogP) is 2.06. The summed E-state index contributed by atoms with van der Waals surface area (Å²) in [6, 6.07) is 8.51. The van der Waals surface area contributed by atoms with Gasteiger partial charge in [-0.25, -0.2) is 0 Å². The van der Waals surface area contributed by atoms with Crippen molar-refractivity contribution >= 4 is 32.9 Å². The lowest BCUT2D eigenvalue weighted by Crippen LogP contribution is -2.22. The van der Waals surface area contributed by atoms with E-state index in [-0.39, 0.29) is 27.8 Å². The number of amidine groups is 1. The van der Waals surface area contributed by atoms with E-state index in [0.717, 1.165) is 6.07 Å². The molecule has 0 atom stereocenters. The molecule has 2 aromatic carbocycles. The number of nitrogens with zero attached hydrogens (tertiary/aromatic N) is 3. The van der Waals surface area contributed by atoms with Gasteiger partial charge in [-0.1, -0.05) is 0 Å². The van der Waals surface area contributed by atoms with Crippen LogP contribution in [0.4, 0.5) is 17.1 Å². The molecule has 0 radical (unpaired) electrons. The quantitative estimate of drug-likeness (QED) is 0.660. The van der Waals surface area contributed by atoms with E-state index >= 15 is 0 Å². The van der Waals surface area contributed by atoms with Crippen molar-refractivity contribution in [2.45, 2.75) is 4.90 Å². The molecule has 0 fully saturated rings. The summed E-state index contributed by atoms with van der Waals surface area (Å²) in [6.45, 7) is 0. The SMILES string of the molecule is O=[N+]([O-])c1ccc(C2=NS(=O)(=O)c3cc([N+](=O)[O-])ccc3N2)cc1. The van der Waals surface area contributed by atoms with Gasteiger partial charge in [0.1, 0.15) is 4.90 Å².